The van der Waals surface area contributed by atoms with E-state index >= 15 is 0 Å². The van der Waals surface area contributed by atoms with Gasteiger partial charge in [-0.25, -0.2) is 13.2 Å². The fourth-order valence-electron chi connectivity index (χ4n) is 2.77. The maximum absolute atomic E-state index is 12.7. The van der Waals surface area contributed by atoms with Gasteiger partial charge in [0.05, 0.1) is 49.9 Å². The van der Waals surface area contributed by atoms with Gasteiger partial charge in [0.2, 0.25) is 10.0 Å². The van der Waals surface area contributed by atoms with E-state index in [-0.39, 0.29) is 18.1 Å². The summed E-state index contributed by atoms with van der Waals surface area (Å²) in [6.45, 7) is 3.89. The summed E-state index contributed by atoms with van der Waals surface area (Å²) >= 11 is 0. The molecule has 1 aromatic carbocycles. The van der Waals surface area contributed by atoms with Gasteiger partial charge < -0.3 is 19.8 Å². The zero-order valence-corrected chi connectivity index (χ0v) is 15.0. The number of aliphatic hydroxyl groups is 2. The van der Waals surface area contributed by atoms with Gasteiger partial charge in [-0.15, -0.1) is 0 Å². The van der Waals surface area contributed by atoms with Crippen LogP contribution in [0.3, 0.4) is 0 Å². The monoisotopic (exact) mass is 373 g/mol. The van der Waals surface area contributed by atoms with Crippen molar-refractivity contribution in [3.8, 4) is 0 Å². The summed E-state index contributed by atoms with van der Waals surface area (Å²) in [6, 6.07) is 5.72. The largest absolute Gasteiger partial charge is 0.462 e. The van der Waals surface area contributed by atoms with Crippen LogP contribution in [0.25, 0.3) is 0 Å². The molecule has 1 atom stereocenters. The molecule has 1 saturated heterocycles. The van der Waals surface area contributed by atoms with E-state index in [1.807, 2.05) is 0 Å². The Morgan fingerprint density at radius 3 is 2.40 bits per heavy atom. The molecule has 8 nitrogen and oxygen atoms in total. The third kappa shape index (κ3) is 4.99. The van der Waals surface area contributed by atoms with Crippen molar-refractivity contribution in [1.82, 2.24) is 4.31 Å². The summed E-state index contributed by atoms with van der Waals surface area (Å²) < 4.78 is 31.7. The number of nitrogens with one attached hydrogen (secondary N) is 1. The van der Waals surface area contributed by atoms with E-state index in [1.54, 1.807) is 6.92 Å². The standard InChI is InChI=1S/C16H24N2O6S/c1-2-24-16(21)13-3-5-15(6-4-13)25(22,23)18-9-7-17(8-10-18)11-14(20)12-19/h3-6,14,19-20H,2,7-12H2,1H3/p+1/t14-/m0/s1. The molecule has 1 aliphatic rings. The molecular formula is C16H25N2O6S+. The highest BCUT2D eigenvalue weighted by atomic mass is 32.2. The van der Waals surface area contributed by atoms with Gasteiger partial charge in [-0.2, -0.15) is 4.31 Å². The molecule has 0 spiro atoms. The van der Waals surface area contributed by atoms with Crippen LogP contribution in [0.4, 0.5) is 0 Å². The summed E-state index contributed by atoms with van der Waals surface area (Å²) in [7, 11) is -3.62. The van der Waals surface area contributed by atoms with E-state index in [2.05, 4.69) is 0 Å². The molecule has 0 saturated carbocycles. The number of aliphatic hydroxyl groups excluding tert-OH is 2. The Kier molecular flexibility index (Phi) is 6.91. The van der Waals surface area contributed by atoms with E-state index in [0.717, 1.165) is 4.90 Å². The van der Waals surface area contributed by atoms with Crippen LogP contribution < -0.4 is 4.90 Å². The number of carbonyl (C=O) groups is 1. The first-order valence-electron chi connectivity index (χ1n) is 8.28. The second kappa shape index (κ2) is 8.72. The van der Waals surface area contributed by atoms with Gasteiger partial charge in [-0.1, -0.05) is 0 Å². The molecule has 0 unspecified atom stereocenters. The number of piperazine rings is 1. The number of carbonyl (C=O) groups excluding carboxylic acids is 1. The van der Waals surface area contributed by atoms with Gasteiger partial charge in [-0.05, 0) is 31.2 Å². The van der Waals surface area contributed by atoms with Crippen molar-refractivity contribution in [3.63, 3.8) is 0 Å². The SMILES string of the molecule is CCOC(=O)c1ccc(S(=O)(=O)N2CC[NH+](C[C@H](O)CO)CC2)cc1. The highest BCUT2D eigenvalue weighted by Gasteiger charge is 2.31. The predicted octanol–water partition coefficient (Wildman–Crippen LogP) is -1.89. The zero-order chi connectivity index (χ0) is 18.4. The lowest BCUT2D eigenvalue weighted by Gasteiger charge is -2.32. The Morgan fingerprint density at radius 2 is 1.88 bits per heavy atom. The highest BCUT2D eigenvalue weighted by Crippen LogP contribution is 2.17. The molecule has 0 aliphatic carbocycles. The molecule has 0 aromatic heterocycles. The molecule has 0 amide bonds. The van der Waals surface area contributed by atoms with Gasteiger partial charge in [-0.3, -0.25) is 0 Å². The van der Waals surface area contributed by atoms with E-state index in [9.17, 15) is 18.3 Å². The lowest BCUT2D eigenvalue weighted by Crippen LogP contribution is -3.15. The Balaban J connectivity index is 2.01. The number of benzene rings is 1. The van der Waals surface area contributed by atoms with Gasteiger partial charge in [0.15, 0.2) is 0 Å². The first kappa shape index (κ1) is 19.8. The van der Waals surface area contributed by atoms with Crippen LogP contribution in [0.2, 0.25) is 0 Å². The second-order valence-corrected chi connectivity index (χ2v) is 7.88. The van der Waals surface area contributed by atoms with Gasteiger partial charge in [0, 0.05) is 0 Å². The predicted molar refractivity (Wildman–Crippen MR) is 89.8 cm³/mol. The maximum Gasteiger partial charge on any atom is 0.338 e. The first-order valence-corrected chi connectivity index (χ1v) is 9.72. The van der Waals surface area contributed by atoms with E-state index < -0.39 is 22.1 Å². The Bertz CT molecular complexity index is 668. The molecule has 25 heavy (non-hydrogen) atoms. The summed E-state index contributed by atoms with van der Waals surface area (Å²) in [5, 5.41) is 18.4. The average molecular weight is 373 g/mol. The molecule has 140 valence electrons. The smallest absolute Gasteiger partial charge is 0.338 e. The van der Waals surface area contributed by atoms with E-state index in [1.165, 1.54) is 28.6 Å². The summed E-state index contributed by atoms with van der Waals surface area (Å²) in [4.78, 5) is 12.8. The van der Waals surface area contributed by atoms with Crippen molar-refractivity contribution in [2.24, 2.45) is 0 Å². The number of quaternary nitrogens is 1. The average Bonchev–Trinajstić information content (AvgIpc) is 2.62. The zero-order valence-electron chi connectivity index (χ0n) is 14.2. The summed E-state index contributed by atoms with van der Waals surface area (Å²) in [5.41, 5.74) is 0.313. The quantitative estimate of drug-likeness (QED) is 0.482. The molecule has 1 aliphatic heterocycles. The van der Waals surface area contributed by atoms with Crippen LogP contribution >= 0.6 is 0 Å². The van der Waals surface area contributed by atoms with Gasteiger partial charge in [0.1, 0.15) is 12.6 Å². The minimum Gasteiger partial charge on any atom is -0.462 e. The third-order valence-corrected chi connectivity index (χ3v) is 6.08. The number of rotatable bonds is 7. The molecular weight excluding hydrogens is 348 g/mol. The van der Waals surface area contributed by atoms with Crippen molar-refractivity contribution in [1.29, 1.82) is 0 Å². The Labute approximate surface area is 147 Å². The highest BCUT2D eigenvalue weighted by molar-refractivity contribution is 7.89. The van der Waals surface area contributed by atoms with Crippen LogP contribution in [0.5, 0.6) is 0 Å². The van der Waals surface area contributed by atoms with Crippen molar-refractivity contribution < 1.29 is 33.1 Å². The fourth-order valence-corrected chi connectivity index (χ4v) is 4.21. The Hall–Kier alpha value is -1.52. The lowest BCUT2D eigenvalue weighted by molar-refractivity contribution is -0.906. The molecule has 9 heteroatoms. The molecule has 2 rings (SSSR count). The van der Waals surface area contributed by atoms with Gasteiger partial charge in [0.25, 0.3) is 0 Å². The van der Waals surface area contributed by atoms with Crippen LogP contribution in [-0.4, -0.2) is 80.9 Å². The summed E-state index contributed by atoms with van der Waals surface area (Å²) in [5.74, 6) is -0.480. The number of ether oxygens (including phenoxy) is 1. The Morgan fingerprint density at radius 1 is 1.28 bits per heavy atom. The van der Waals surface area contributed by atoms with Crippen LogP contribution in [0, 0.1) is 0 Å². The summed E-state index contributed by atoms with van der Waals surface area (Å²) in [6.07, 6.45) is -0.784. The molecule has 0 radical (unpaired) electrons. The van der Waals surface area contributed by atoms with Crippen LogP contribution in [0.15, 0.2) is 29.2 Å². The number of hydrogen-bond donors (Lipinski definition) is 3. The molecule has 3 N–H and O–H groups in total. The van der Waals surface area contributed by atoms with E-state index in [0.29, 0.717) is 38.3 Å². The molecule has 0 bridgehead atoms. The lowest BCUT2D eigenvalue weighted by atomic mass is 10.2. The van der Waals surface area contributed by atoms with Crippen molar-refractivity contribution in [3.05, 3.63) is 29.8 Å². The number of esters is 1. The minimum atomic E-state index is -3.62. The minimum absolute atomic E-state index is 0.138. The second-order valence-electron chi connectivity index (χ2n) is 5.94. The van der Waals surface area contributed by atoms with Crippen molar-refractivity contribution in [2.75, 3.05) is 45.9 Å². The third-order valence-electron chi connectivity index (χ3n) is 4.17. The maximum atomic E-state index is 12.7. The number of nitrogens with zero attached hydrogens (tertiary/aromatic N) is 1. The van der Waals surface area contributed by atoms with Gasteiger partial charge >= 0.3 is 5.97 Å². The normalized spacial score (nSPS) is 18.0. The van der Waals surface area contributed by atoms with Crippen molar-refractivity contribution >= 4 is 16.0 Å². The van der Waals surface area contributed by atoms with Crippen molar-refractivity contribution in [2.45, 2.75) is 17.9 Å². The number of sulfonamides is 1. The number of hydrogen-bond acceptors (Lipinski definition) is 6. The molecule has 1 fully saturated rings. The van der Waals surface area contributed by atoms with Crippen LogP contribution in [0.1, 0.15) is 17.3 Å². The fraction of sp³-hybridized carbons (Fsp3) is 0.562. The topological polar surface area (TPSA) is 109 Å². The molecule has 1 aromatic rings. The first-order chi connectivity index (χ1) is 11.9. The van der Waals surface area contributed by atoms with Crippen LogP contribution in [-0.2, 0) is 14.8 Å². The van der Waals surface area contributed by atoms with E-state index in [4.69, 9.17) is 9.84 Å². The molecule has 1 heterocycles.